The number of nitrogens with zero attached hydrogens (tertiary/aromatic N) is 1. The number of amides is 2. The molecule has 2 aromatic heterocycles. The van der Waals surface area contributed by atoms with E-state index >= 15 is 0 Å². The van der Waals surface area contributed by atoms with Crippen LogP contribution in [-0.4, -0.2) is 47.1 Å². The molecule has 44 heavy (non-hydrogen) atoms. The summed E-state index contributed by atoms with van der Waals surface area (Å²) in [6.07, 6.45) is 0.831. The van der Waals surface area contributed by atoms with Gasteiger partial charge in [0.2, 0.25) is 0 Å². The molecule has 4 heterocycles. The van der Waals surface area contributed by atoms with Crippen LogP contribution < -0.4 is 10.6 Å². The van der Waals surface area contributed by atoms with Crippen molar-refractivity contribution in [2.24, 2.45) is 0 Å². The van der Waals surface area contributed by atoms with Gasteiger partial charge in [-0.2, -0.15) is 0 Å². The molecule has 0 unspecified atom stereocenters. The predicted molar refractivity (Wildman–Crippen MR) is 173 cm³/mol. The molecule has 0 spiro atoms. The quantitative estimate of drug-likeness (QED) is 0.186. The predicted octanol–water partition coefficient (Wildman–Crippen LogP) is 6.03. The van der Waals surface area contributed by atoms with Crippen LogP contribution in [0.3, 0.4) is 0 Å². The molecule has 2 aliphatic heterocycles. The highest BCUT2D eigenvalue weighted by Gasteiger charge is 2.24. The van der Waals surface area contributed by atoms with Crippen molar-refractivity contribution in [1.82, 2.24) is 25.5 Å². The topological polar surface area (TPSA) is 110 Å². The fraction of sp³-hybridized carbons (Fsp3) is 0.139. The summed E-state index contributed by atoms with van der Waals surface area (Å²) in [6.45, 7) is 2.02. The Balaban J connectivity index is 0.000000143. The summed E-state index contributed by atoms with van der Waals surface area (Å²) in [5.41, 5.74) is 11.9. The average Bonchev–Trinajstić information content (AvgIpc) is 3.61. The molecule has 0 bridgehead atoms. The van der Waals surface area contributed by atoms with Crippen LogP contribution in [0.25, 0.3) is 44.3 Å². The lowest BCUT2D eigenvalue weighted by atomic mass is 9.98. The Bertz CT molecular complexity index is 2070. The van der Waals surface area contributed by atoms with E-state index in [1.54, 1.807) is 12.1 Å². The number of benzene rings is 4. The lowest BCUT2D eigenvalue weighted by Crippen LogP contribution is -2.26. The van der Waals surface area contributed by atoms with Gasteiger partial charge < -0.3 is 25.5 Å². The van der Waals surface area contributed by atoms with Gasteiger partial charge in [0, 0.05) is 69.3 Å². The summed E-state index contributed by atoms with van der Waals surface area (Å²) in [7, 11) is 4.14. The second-order valence-electron chi connectivity index (χ2n) is 11.5. The van der Waals surface area contributed by atoms with Crippen LogP contribution in [-0.2, 0) is 19.6 Å². The van der Waals surface area contributed by atoms with E-state index in [2.05, 4.69) is 63.9 Å². The number of nitrogens with one attached hydrogen (secondary N) is 4. The minimum absolute atomic E-state index is 0.00924. The zero-order chi connectivity index (χ0) is 30.4. The molecule has 0 saturated carbocycles. The molecule has 0 atom stereocenters. The molecule has 0 saturated heterocycles. The molecule has 6 aromatic rings. The summed E-state index contributed by atoms with van der Waals surface area (Å²) in [4.78, 5) is 43.8. The fourth-order valence-corrected chi connectivity index (χ4v) is 6.26. The van der Waals surface area contributed by atoms with Crippen molar-refractivity contribution in [2.45, 2.75) is 19.6 Å². The molecular formula is C36H31N5O3. The van der Waals surface area contributed by atoms with Gasteiger partial charge in [0.15, 0.2) is 0 Å². The Morgan fingerprint density at radius 3 is 1.59 bits per heavy atom. The van der Waals surface area contributed by atoms with E-state index < -0.39 is 0 Å². The van der Waals surface area contributed by atoms with Gasteiger partial charge >= 0.3 is 0 Å². The first-order valence-corrected chi connectivity index (χ1v) is 14.5. The number of carbonyl (C=O) groups is 3. The third-order valence-electron chi connectivity index (χ3n) is 8.27. The second kappa shape index (κ2) is 11.0. The monoisotopic (exact) mass is 581 g/mol. The van der Waals surface area contributed by atoms with E-state index in [0.29, 0.717) is 24.2 Å². The summed E-state index contributed by atoms with van der Waals surface area (Å²) in [5.74, 6) is -0.0232. The molecule has 0 aliphatic carbocycles. The van der Waals surface area contributed by atoms with E-state index in [1.807, 2.05) is 48.5 Å². The smallest absolute Gasteiger partial charge is 0.252 e. The van der Waals surface area contributed by atoms with Crippen molar-refractivity contribution in [1.29, 1.82) is 0 Å². The number of aromatic nitrogens is 2. The van der Waals surface area contributed by atoms with Gasteiger partial charge in [-0.1, -0.05) is 60.7 Å². The highest BCUT2D eigenvalue weighted by molar-refractivity contribution is 6.12. The van der Waals surface area contributed by atoms with Crippen molar-refractivity contribution in [2.75, 3.05) is 14.1 Å². The van der Waals surface area contributed by atoms with Gasteiger partial charge in [-0.05, 0) is 55.1 Å². The molecule has 8 nitrogen and oxygen atoms in total. The minimum Gasteiger partial charge on any atom is -0.354 e. The standard InChI is InChI=1S/C19H19N3O.C17H12N2O2/c1-22(2)11-12-6-8-13(9-7-12)18-15-10-20-19(23)14-4-3-5-16(21-18)17(14)15;20-9-10-4-6-11(7-5-10)16-13-8-18-17(21)12-2-1-3-14(19-16)15(12)13/h3-9,21H,10-11H2,1-2H3,(H,20,23);1-7,9,19H,8H2,(H,18,21). The number of rotatable bonds is 5. The van der Waals surface area contributed by atoms with Gasteiger partial charge in [0.05, 0.1) is 11.4 Å². The number of hydrogen-bond donors (Lipinski definition) is 4. The summed E-state index contributed by atoms with van der Waals surface area (Å²) < 4.78 is 0. The Morgan fingerprint density at radius 2 is 1.14 bits per heavy atom. The SMILES string of the molecule is CN(C)Cc1ccc(-c2[nH]c3cccc4c3c2CNC4=O)cc1.O=Cc1ccc(-c2[nH]c3cccc4c3c2CNC4=O)cc1. The fourth-order valence-electron chi connectivity index (χ4n) is 6.26. The number of H-pyrrole nitrogens is 2. The third kappa shape index (κ3) is 4.75. The Labute approximate surface area is 254 Å². The number of aldehydes is 1. The number of aromatic amines is 2. The van der Waals surface area contributed by atoms with Crippen molar-refractivity contribution in [3.05, 3.63) is 118 Å². The van der Waals surface area contributed by atoms with Crippen LogP contribution in [0, 0.1) is 0 Å². The molecule has 4 N–H and O–H groups in total. The molecule has 2 amide bonds. The largest absolute Gasteiger partial charge is 0.354 e. The lowest BCUT2D eigenvalue weighted by Gasteiger charge is -2.15. The lowest BCUT2D eigenvalue weighted by molar-refractivity contribution is 0.0941. The summed E-state index contributed by atoms with van der Waals surface area (Å²) in [5, 5.41) is 7.92. The van der Waals surface area contributed by atoms with E-state index in [0.717, 1.165) is 68.3 Å². The minimum atomic E-state index is -0.0325. The van der Waals surface area contributed by atoms with Crippen LogP contribution in [0.1, 0.15) is 47.8 Å². The van der Waals surface area contributed by atoms with Crippen molar-refractivity contribution in [3.8, 4) is 22.5 Å². The molecular weight excluding hydrogens is 550 g/mol. The first-order chi connectivity index (χ1) is 21.4. The third-order valence-corrected chi connectivity index (χ3v) is 8.27. The average molecular weight is 582 g/mol. The zero-order valence-electron chi connectivity index (χ0n) is 24.5. The van der Waals surface area contributed by atoms with Gasteiger partial charge in [-0.15, -0.1) is 0 Å². The van der Waals surface area contributed by atoms with Crippen molar-refractivity contribution < 1.29 is 14.4 Å². The molecule has 2 aliphatic rings. The van der Waals surface area contributed by atoms with Gasteiger partial charge in [0.25, 0.3) is 11.8 Å². The van der Waals surface area contributed by atoms with Gasteiger partial charge in [-0.3, -0.25) is 14.4 Å². The van der Waals surface area contributed by atoms with Crippen LogP contribution in [0.15, 0.2) is 84.9 Å². The maximum Gasteiger partial charge on any atom is 0.252 e. The molecule has 8 heteroatoms. The normalized spacial score (nSPS) is 13.4. The molecule has 0 radical (unpaired) electrons. The summed E-state index contributed by atoms with van der Waals surface area (Å²) >= 11 is 0. The van der Waals surface area contributed by atoms with Crippen LogP contribution >= 0.6 is 0 Å². The molecule has 0 fully saturated rings. The number of hydrogen-bond acceptors (Lipinski definition) is 4. The van der Waals surface area contributed by atoms with E-state index in [1.165, 1.54) is 11.1 Å². The zero-order valence-corrected chi connectivity index (χ0v) is 24.5. The van der Waals surface area contributed by atoms with E-state index in [9.17, 15) is 14.4 Å². The Morgan fingerprint density at radius 1 is 0.659 bits per heavy atom. The highest BCUT2D eigenvalue weighted by atomic mass is 16.2. The maximum atomic E-state index is 12.0. The van der Waals surface area contributed by atoms with E-state index in [4.69, 9.17) is 0 Å². The summed E-state index contributed by atoms with van der Waals surface area (Å²) in [6, 6.07) is 27.6. The van der Waals surface area contributed by atoms with E-state index in [-0.39, 0.29) is 11.8 Å². The first kappa shape index (κ1) is 27.4. The van der Waals surface area contributed by atoms with Crippen molar-refractivity contribution in [3.63, 3.8) is 0 Å². The van der Waals surface area contributed by atoms with Crippen LogP contribution in [0.4, 0.5) is 0 Å². The van der Waals surface area contributed by atoms with Gasteiger partial charge in [0.1, 0.15) is 6.29 Å². The Hall–Kier alpha value is -5.47. The first-order valence-electron chi connectivity index (χ1n) is 14.5. The van der Waals surface area contributed by atoms with Crippen LogP contribution in [0.2, 0.25) is 0 Å². The molecule has 218 valence electrons. The van der Waals surface area contributed by atoms with Crippen LogP contribution in [0.5, 0.6) is 0 Å². The Kier molecular flexibility index (Phi) is 6.83. The number of carbonyl (C=O) groups excluding carboxylic acids is 3. The van der Waals surface area contributed by atoms with Crippen molar-refractivity contribution >= 4 is 39.9 Å². The molecule has 4 aromatic carbocycles. The van der Waals surface area contributed by atoms with Gasteiger partial charge in [-0.25, -0.2) is 0 Å². The highest BCUT2D eigenvalue weighted by Crippen LogP contribution is 2.36. The maximum absolute atomic E-state index is 12.0. The second-order valence-corrected chi connectivity index (χ2v) is 11.5. The molecule has 8 rings (SSSR count).